The van der Waals surface area contributed by atoms with Gasteiger partial charge in [-0.25, -0.2) is 14.4 Å². The molecule has 0 spiro atoms. The van der Waals surface area contributed by atoms with E-state index in [2.05, 4.69) is 10.6 Å². The Morgan fingerprint density at radius 2 is 1.83 bits per heavy atom. The van der Waals surface area contributed by atoms with Crippen LogP contribution in [0.15, 0.2) is 30.3 Å². The molecule has 1 aromatic carbocycles. The fourth-order valence-corrected chi connectivity index (χ4v) is 3.03. The molecule has 0 aromatic heterocycles. The molecule has 2 N–H and O–H groups in total. The number of nitrogens with zero attached hydrogens (tertiary/aromatic N) is 1. The smallest absolute Gasteiger partial charge is 0.411 e. The van der Waals surface area contributed by atoms with Gasteiger partial charge in [-0.1, -0.05) is 30.3 Å². The molecule has 2 rings (SSSR count). The Kier molecular flexibility index (Phi) is 7.79. The van der Waals surface area contributed by atoms with Gasteiger partial charge < -0.3 is 14.8 Å². The minimum atomic E-state index is -1.33. The molecular formula is C21H29N3O6. The molecule has 1 heterocycles. The van der Waals surface area contributed by atoms with Crippen LogP contribution in [-0.2, 0) is 19.1 Å². The number of rotatable bonds is 5. The lowest BCUT2D eigenvalue weighted by Gasteiger charge is -2.28. The van der Waals surface area contributed by atoms with Crippen molar-refractivity contribution < 1.29 is 28.7 Å². The molecule has 0 aliphatic carbocycles. The summed E-state index contributed by atoms with van der Waals surface area (Å²) >= 11 is 0. The zero-order chi connectivity index (χ0) is 22.3. The van der Waals surface area contributed by atoms with Crippen LogP contribution < -0.4 is 10.6 Å². The van der Waals surface area contributed by atoms with Crippen molar-refractivity contribution in [3.05, 3.63) is 35.9 Å². The van der Waals surface area contributed by atoms with Gasteiger partial charge in [-0.05, 0) is 40.5 Å². The van der Waals surface area contributed by atoms with Crippen LogP contribution in [0.4, 0.5) is 9.59 Å². The van der Waals surface area contributed by atoms with Gasteiger partial charge in [-0.3, -0.25) is 15.0 Å². The maximum atomic E-state index is 12.9. The van der Waals surface area contributed by atoms with E-state index in [1.165, 1.54) is 4.90 Å². The summed E-state index contributed by atoms with van der Waals surface area (Å²) < 4.78 is 10.9. The first-order valence-corrected chi connectivity index (χ1v) is 9.96. The summed E-state index contributed by atoms with van der Waals surface area (Å²) in [6.45, 7) is 7.63. The Bertz CT molecular complexity index is 775. The van der Waals surface area contributed by atoms with Gasteiger partial charge >= 0.3 is 18.1 Å². The third kappa shape index (κ3) is 6.47. The highest BCUT2D eigenvalue weighted by molar-refractivity contribution is 5.98. The summed E-state index contributed by atoms with van der Waals surface area (Å²) in [6, 6.07) is 6.84. The van der Waals surface area contributed by atoms with Gasteiger partial charge in [-0.15, -0.1) is 0 Å². The second-order valence-electron chi connectivity index (χ2n) is 7.91. The van der Waals surface area contributed by atoms with Crippen LogP contribution in [0, 0.1) is 0 Å². The summed E-state index contributed by atoms with van der Waals surface area (Å²) in [4.78, 5) is 51.0. The van der Waals surface area contributed by atoms with E-state index in [0.717, 1.165) is 0 Å². The number of hydrogen-bond acceptors (Lipinski definition) is 6. The monoisotopic (exact) mass is 419 g/mol. The van der Waals surface area contributed by atoms with Gasteiger partial charge in [0.1, 0.15) is 11.6 Å². The van der Waals surface area contributed by atoms with Gasteiger partial charge in [0.05, 0.1) is 0 Å². The molecule has 4 amide bonds. The van der Waals surface area contributed by atoms with Gasteiger partial charge in [0.15, 0.2) is 0 Å². The minimum Gasteiger partial charge on any atom is -0.446 e. The van der Waals surface area contributed by atoms with Crippen molar-refractivity contribution >= 4 is 24.0 Å². The number of esters is 1. The molecular weight excluding hydrogens is 390 g/mol. The Morgan fingerprint density at radius 3 is 2.43 bits per heavy atom. The van der Waals surface area contributed by atoms with Crippen LogP contribution in [0.25, 0.3) is 0 Å². The first kappa shape index (κ1) is 23.2. The molecule has 30 heavy (non-hydrogen) atoms. The molecule has 0 radical (unpaired) electrons. The number of urea groups is 1. The van der Waals surface area contributed by atoms with E-state index in [0.29, 0.717) is 31.5 Å². The van der Waals surface area contributed by atoms with Crippen molar-refractivity contribution in [3.8, 4) is 0 Å². The Morgan fingerprint density at radius 1 is 1.17 bits per heavy atom. The Labute approximate surface area is 176 Å². The molecule has 1 aliphatic rings. The SMILES string of the molecule is CCNC(=O)NC(=O)[C@H](OC(=O)[C@@H]1CCCN1C(=O)OC(C)(C)C)c1ccccc1. The normalized spacial score (nSPS) is 17.1. The number of amides is 4. The second-order valence-corrected chi connectivity index (χ2v) is 7.91. The van der Waals surface area contributed by atoms with Crippen molar-refractivity contribution in [2.24, 2.45) is 0 Å². The van der Waals surface area contributed by atoms with Gasteiger partial charge in [0, 0.05) is 18.7 Å². The van der Waals surface area contributed by atoms with E-state index in [1.54, 1.807) is 58.0 Å². The van der Waals surface area contributed by atoms with Gasteiger partial charge in [0.25, 0.3) is 5.91 Å². The fourth-order valence-electron chi connectivity index (χ4n) is 3.03. The average molecular weight is 419 g/mol. The van der Waals surface area contributed by atoms with E-state index in [-0.39, 0.29) is 0 Å². The molecule has 1 saturated heterocycles. The molecule has 9 heteroatoms. The minimum absolute atomic E-state index is 0.335. The highest BCUT2D eigenvalue weighted by atomic mass is 16.6. The number of ether oxygens (including phenoxy) is 2. The first-order valence-electron chi connectivity index (χ1n) is 9.96. The van der Waals surface area contributed by atoms with Crippen molar-refractivity contribution in [1.82, 2.24) is 15.5 Å². The summed E-state index contributed by atoms with van der Waals surface area (Å²) in [5.74, 6) is -1.50. The van der Waals surface area contributed by atoms with Gasteiger partial charge in [0.2, 0.25) is 6.10 Å². The predicted octanol–water partition coefficient (Wildman–Crippen LogP) is 2.52. The molecule has 9 nitrogen and oxygen atoms in total. The largest absolute Gasteiger partial charge is 0.446 e. The van der Waals surface area contributed by atoms with Crippen molar-refractivity contribution in [2.45, 2.75) is 58.3 Å². The molecule has 1 fully saturated rings. The summed E-state index contributed by atoms with van der Waals surface area (Å²) in [6.07, 6.45) is -0.926. The summed E-state index contributed by atoms with van der Waals surface area (Å²) in [5, 5.41) is 4.62. The highest BCUT2D eigenvalue weighted by Gasteiger charge is 2.39. The predicted molar refractivity (Wildman–Crippen MR) is 108 cm³/mol. The van der Waals surface area contributed by atoms with E-state index >= 15 is 0 Å². The van der Waals surface area contributed by atoms with Gasteiger partial charge in [-0.2, -0.15) is 0 Å². The number of likely N-dealkylation sites (tertiary alicyclic amines) is 1. The van der Waals surface area contributed by atoms with E-state index in [4.69, 9.17) is 9.47 Å². The molecule has 1 aliphatic heterocycles. The molecule has 1 aromatic rings. The number of carbonyl (C=O) groups excluding carboxylic acids is 4. The van der Waals surface area contributed by atoms with Crippen LogP contribution in [0.1, 0.15) is 52.2 Å². The Hall–Kier alpha value is -3.10. The van der Waals surface area contributed by atoms with E-state index < -0.39 is 41.7 Å². The number of imide groups is 1. The molecule has 2 atom stereocenters. The van der Waals surface area contributed by atoms with E-state index in [9.17, 15) is 19.2 Å². The van der Waals surface area contributed by atoms with Crippen LogP contribution in [0.2, 0.25) is 0 Å². The zero-order valence-electron chi connectivity index (χ0n) is 17.8. The average Bonchev–Trinajstić information content (AvgIpc) is 3.15. The molecule has 164 valence electrons. The highest BCUT2D eigenvalue weighted by Crippen LogP contribution is 2.25. The van der Waals surface area contributed by atoms with Crippen molar-refractivity contribution in [2.75, 3.05) is 13.1 Å². The number of carbonyl (C=O) groups is 4. The quantitative estimate of drug-likeness (QED) is 0.709. The second kappa shape index (κ2) is 10.1. The van der Waals surface area contributed by atoms with Crippen LogP contribution in [0.5, 0.6) is 0 Å². The maximum Gasteiger partial charge on any atom is 0.411 e. The van der Waals surface area contributed by atoms with Crippen LogP contribution >= 0.6 is 0 Å². The van der Waals surface area contributed by atoms with E-state index in [1.807, 2.05) is 0 Å². The Balaban J connectivity index is 2.16. The summed E-state index contributed by atoms with van der Waals surface area (Å²) in [5.41, 5.74) is -0.290. The lowest BCUT2D eigenvalue weighted by Crippen LogP contribution is -2.46. The lowest BCUT2D eigenvalue weighted by molar-refractivity contribution is -0.160. The number of hydrogen-bond donors (Lipinski definition) is 2. The van der Waals surface area contributed by atoms with Crippen molar-refractivity contribution in [1.29, 1.82) is 0 Å². The standard InChI is InChI=1S/C21H29N3O6/c1-5-22-19(27)23-17(25)16(14-10-7-6-8-11-14)29-18(26)15-12-9-13-24(15)20(28)30-21(2,3)4/h6-8,10-11,15-16H,5,9,12-13H2,1-4H3,(H2,22,23,25,27)/t15-,16+/m0/s1. The third-order valence-electron chi connectivity index (χ3n) is 4.30. The third-order valence-corrected chi connectivity index (χ3v) is 4.30. The molecule has 0 saturated carbocycles. The molecule has 0 bridgehead atoms. The summed E-state index contributed by atoms with van der Waals surface area (Å²) in [7, 11) is 0. The molecule has 0 unspecified atom stereocenters. The maximum absolute atomic E-state index is 12.9. The first-order chi connectivity index (χ1) is 14.1. The zero-order valence-corrected chi connectivity index (χ0v) is 17.8. The van der Waals surface area contributed by atoms with Crippen LogP contribution in [0.3, 0.4) is 0 Å². The number of benzene rings is 1. The fraction of sp³-hybridized carbons (Fsp3) is 0.524. The van der Waals surface area contributed by atoms with Crippen molar-refractivity contribution in [3.63, 3.8) is 0 Å². The number of nitrogens with one attached hydrogen (secondary N) is 2. The lowest BCUT2D eigenvalue weighted by atomic mass is 10.1. The topological polar surface area (TPSA) is 114 Å². The van der Waals surface area contributed by atoms with Crippen LogP contribution in [-0.4, -0.2) is 53.6 Å².